The van der Waals surface area contributed by atoms with Crippen LogP contribution in [0.5, 0.6) is 0 Å². The maximum absolute atomic E-state index is 12.8. The number of hydrogen-bond donors (Lipinski definition) is 0. The smallest absolute Gasteiger partial charge is 0.255 e. The number of amides is 1. The van der Waals surface area contributed by atoms with Crippen LogP contribution in [0.4, 0.5) is 0 Å². The van der Waals surface area contributed by atoms with Crippen molar-refractivity contribution in [3.05, 3.63) is 42.6 Å². The molecule has 4 heterocycles. The van der Waals surface area contributed by atoms with Crippen LogP contribution < -0.4 is 0 Å². The van der Waals surface area contributed by atoms with Crippen molar-refractivity contribution in [2.75, 3.05) is 26.8 Å². The number of pyridine rings is 1. The van der Waals surface area contributed by atoms with Gasteiger partial charge in [0.25, 0.3) is 5.91 Å². The molecule has 0 saturated carbocycles. The average Bonchev–Trinajstić information content (AvgIpc) is 3.23. The van der Waals surface area contributed by atoms with E-state index in [1.807, 2.05) is 27.8 Å². The minimum atomic E-state index is -0.229. The molecule has 26 heavy (non-hydrogen) atoms. The SMILES string of the molecule is CO[C@@H]1CCCOC12CCN(C(=O)c1ccc(-n3ccnc3)nc1)CC2. The number of carbonyl (C=O) groups is 1. The number of carbonyl (C=O) groups excluding carboxylic acids is 1. The number of rotatable bonds is 3. The first-order valence-electron chi connectivity index (χ1n) is 9.12. The molecule has 0 radical (unpaired) electrons. The predicted octanol–water partition coefficient (Wildman–Crippen LogP) is 2.07. The molecule has 2 fully saturated rings. The van der Waals surface area contributed by atoms with Crippen LogP contribution in [0.1, 0.15) is 36.0 Å². The summed E-state index contributed by atoms with van der Waals surface area (Å²) in [5, 5.41) is 0. The second-order valence-electron chi connectivity index (χ2n) is 6.95. The summed E-state index contributed by atoms with van der Waals surface area (Å²) in [5.74, 6) is 0.768. The van der Waals surface area contributed by atoms with Gasteiger partial charge in [0.2, 0.25) is 0 Å². The van der Waals surface area contributed by atoms with Crippen molar-refractivity contribution < 1.29 is 14.3 Å². The van der Waals surface area contributed by atoms with Crippen LogP contribution in [-0.2, 0) is 9.47 Å². The van der Waals surface area contributed by atoms with Crippen LogP contribution in [0.2, 0.25) is 0 Å². The van der Waals surface area contributed by atoms with Crippen LogP contribution in [0.15, 0.2) is 37.1 Å². The van der Waals surface area contributed by atoms with Crippen molar-refractivity contribution in [3.8, 4) is 5.82 Å². The minimum Gasteiger partial charge on any atom is -0.378 e. The standard InChI is InChI=1S/C19H24N4O3/c1-25-16-3-2-12-26-19(16)6-9-22(10-7-19)18(24)15-4-5-17(21-13-15)23-11-8-20-14-23/h4-5,8,11,13-14,16H,2-3,6-7,9-10,12H2,1H3/t16-/m1/s1. The number of methoxy groups -OCH3 is 1. The Bertz CT molecular complexity index is 737. The van der Waals surface area contributed by atoms with Crippen molar-refractivity contribution >= 4 is 5.91 Å². The van der Waals surface area contributed by atoms with E-state index in [9.17, 15) is 4.79 Å². The molecule has 0 N–H and O–H groups in total. The molecule has 0 aromatic carbocycles. The molecule has 138 valence electrons. The fourth-order valence-electron chi connectivity index (χ4n) is 4.03. The summed E-state index contributed by atoms with van der Waals surface area (Å²) in [6, 6.07) is 3.66. The molecule has 2 aromatic rings. The minimum absolute atomic E-state index is 0.0225. The average molecular weight is 356 g/mol. The van der Waals surface area contributed by atoms with Crippen molar-refractivity contribution in [2.24, 2.45) is 0 Å². The Morgan fingerprint density at radius 2 is 2.19 bits per heavy atom. The number of likely N-dealkylation sites (tertiary alicyclic amines) is 1. The van der Waals surface area contributed by atoms with E-state index in [4.69, 9.17) is 9.47 Å². The Kier molecular flexibility index (Phi) is 4.74. The van der Waals surface area contributed by atoms with E-state index in [0.29, 0.717) is 18.7 Å². The zero-order valence-electron chi connectivity index (χ0n) is 15.0. The second kappa shape index (κ2) is 7.17. The number of nitrogens with zero attached hydrogens (tertiary/aromatic N) is 4. The maximum Gasteiger partial charge on any atom is 0.255 e. The summed E-state index contributed by atoms with van der Waals surface area (Å²) < 4.78 is 13.6. The fourth-order valence-corrected chi connectivity index (χ4v) is 4.03. The van der Waals surface area contributed by atoms with E-state index >= 15 is 0 Å². The largest absolute Gasteiger partial charge is 0.378 e. The normalized spacial score (nSPS) is 22.5. The summed E-state index contributed by atoms with van der Waals surface area (Å²) in [7, 11) is 1.76. The molecule has 2 aliphatic rings. The van der Waals surface area contributed by atoms with Crippen molar-refractivity contribution in [1.82, 2.24) is 19.4 Å². The van der Waals surface area contributed by atoms with Crippen LogP contribution >= 0.6 is 0 Å². The number of piperidine rings is 1. The summed E-state index contributed by atoms with van der Waals surface area (Å²) in [4.78, 5) is 23.1. The van der Waals surface area contributed by atoms with E-state index < -0.39 is 0 Å². The lowest BCUT2D eigenvalue weighted by Crippen LogP contribution is -2.56. The van der Waals surface area contributed by atoms with Gasteiger partial charge in [-0.25, -0.2) is 9.97 Å². The number of ether oxygens (including phenoxy) is 2. The Morgan fingerprint density at radius 1 is 1.35 bits per heavy atom. The third-order valence-electron chi connectivity index (χ3n) is 5.53. The lowest BCUT2D eigenvalue weighted by atomic mass is 9.81. The van der Waals surface area contributed by atoms with E-state index in [-0.39, 0.29) is 17.6 Å². The molecule has 4 rings (SSSR count). The Labute approximate surface area is 152 Å². The first-order valence-corrected chi connectivity index (χ1v) is 9.12. The molecule has 7 nitrogen and oxygen atoms in total. The van der Waals surface area contributed by atoms with Crippen molar-refractivity contribution in [3.63, 3.8) is 0 Å². The van der Waals surface area contributed by atoms with Gasteiger partial charge < -0.3 is 14.4 Å². The summed E-state index contributed by atoms with van der Waals surface area (Å²) in [6.07, 6.45) is 10.7. The molecular formula is C19H24N4O3. The van der Waals surface area contributed by atoms with Crippen LogP contribution in [0.25, 0.3) is 5.82 Å². The van der Waals surface area contributed by atoms with Crippen LogP contribution in [0.3, 0.4) is 0 Å². The molecule has 0 aliphatic carbocycles. The molecule has 2 aliphatic heterocycles. The number of hydrogen-bond acceptors (Lipinski definition) is 5. The van der Waals surface area contributed by atoms with E-state index in [1.54, 1.807) is 25.8 Å². The van der Waals surface area contributed by atoms with Gasteiger partial charge in [-0.3, -0.25) is 9.36 Å². The first-order chi connectivity index (χ1) is 12.7. The Balaban J connectivity index is 1.42. The highest BCUT2D eigenvalue weighted by molar-refractivity contribution is 5.94. The lowest BCUT2D eigenvalue weighted by Gasteiger charge is -2.48. The molecule has 2 aromatic heterocycles. The van der Waals surface area contributed by atoms with Gasteiger partial charge in [0.1, 0.15) is 12.1 Å². The molecule has 2 saturated heterocycles. The van der Waals surface area contributed by atoms with Crippen molar-refractivity contribution in [2.45, 2.75) is 37.4 Å². The van der Waals surface area contributed by atoms with Crippen LogP contribution in [0, 0.1) is 0 Å². The van der Waals surface area contributed by atoms with Gasteiger partial charge in [-0.15, -0.1) is 0 Å². The molecule has 1 amide bonds. The molecule has 1 atom stereocenters. The van der Waals surface area contributed by atoms with Crippen LogP contribution in [-0.4, -0.2) is 63.9 Å². The fraction of sp³-hybridized carbons (Fsp3) is 0.526. The zero-order chi connectivity index (χ0) is 18.0. The van der Waals surface area contributed by atoms with Gasteiger partial charge in [0.15, 0.2) is 0 Å². The van der Waals surface area contributed by atoms with Gasteiger partial charge in [0.05, 0.1) is 17.3 Å². The second-order valence-corrected chi connectivity index (χ2v) is 6.95. The monoisotopic (exact) mass is 356 g/mol. The van der Waals surface area contributed by atoms with Gasteiger partial charge in [-0.2, -0.15) is 0 Å². The van der Waals surface area contributed by atoms with Gasteiger partial charge in [0, 0.05) is 45.4 Å². The van der Waals surface area contributed by atoms with E-state index in [0.717, 1.165) is 38.1 Å². The zero-order valence-corrected chi connectivity index (χ0v) is 15.0. The number of imidazole rings is 1. The molecule has 0 bridgehead atoms. The predicted molar refractivity (Wildman–Crippen MR) is 95.2 cm³/mol. The quantitative estimate of drug-likeness (QED) is 0.842. The molecule has 0 unspecified atom stereocenters. The van der Waals surface area contributed by atoms with E-state index in [2.05, 4.69) is 9.97 Å². The Hall–Kier alpha value is -2.25. The van der Waals surface area contributed by atoms with Gasteiger partial charge >= 0.3 is 0 Å². The summed E-state index contributed by atoms with van der Waals surface area (Å²) in [5.41, 5.74) is 0.380. The highest BCUT2D eigenvalue weighted by Crippen LogP contribution is 2.37. The maximum atomic E-state index is 12.8. The molecular weight excluding hydrogens is 332 g/mol. The van der Waals surface area contributed by atoms with Crippen molar-refractivity contribution in [1.29, 1.82) is 0 Å². The molecule has 1 spiro atoms. The molecule has 7 heteroatoms. The van der Waals surface area contributed by atoms with E-state index in [1.165, 1.54) is 0 Å². The Morgan fingerprint density at radius 3 is 2.85 bits per heavy atom. The third-order valence-corrected chi connectivity index (χ3v) is 5.53. The lowest BCUT2D eigenvalue weighted by molar-refractivity contribution is -0.183. The van der Waals surface area contributed by atoms with Gasteiger partial charge in [-0.05, 0) is 37.8 Å². The topological polar surface area (TPSA) is 69.5 Å². The first kappa shape index (κ1) is 17.2. The highest BCUT2D eigenvalue weighted by atomic mass is 16.5. The summed E-state index contributed by atoms with van der Waals surface area (Å²) >= 11 is 0. The van der Waals surface area contributed by atoms with Gasteiger partial charge in [-0.1, -0.05) is 0 Å². The summed E-state index contributed by atoms with van der Waals surface area (Å²) in [6.45, 7) is 2.15. The number of aromatic nitrogens is 3. The third kappa shape index (κ3) is 3.12. The highest BCUT2D eigenvalue weighted by Gasteiger charge is 2.45.